The minimum absolute atomic E-state index is 0.559. The molecule has 19 heavy (non-hydrogen) atoms. The summed E-state index contributed by atoms with van der Waals surface area (Å²) in [5, 5.41) is 4.79. The third-order valence-corrected chi connectivity index (χ3v) is 4.43. The summed E-state index contributed by atoms with van der Waals surface area (Å²) in [6.07, 6.45) is 4.05. The molecule has 0 atom stereocenters. The van der Waals surface area contributed by atoms with Gasteiger partial charge in [0.15, 0.2) is 5.82 Å². The lowest BCUT2D eigenvalue weighted by Crippen LogP contribution is -1.99. The Bertz CT molecular complexity index is 576. The molecular weight excluding hydrogens is 262 g/mol. The van der Waals surface area contributed by atoms with E-state index in [1.54, 1.807) is 11.3 Å². The summed E-state index contributed by atoms with van der Waals surface area (Å²) in [5.41, 5.74) is 8.35. The minimum Gasteiger partial charge on any atom is -0.390 e. The quantitative estimate of drug-likeness (QED) is 0.851. The van der Waals surface area contributed by atoms with E-state index in [0.29, 0.717) is 31.3 Å². The zero-order chi connectivity index (χ0) is 13.2. The highest BCUT2D eigenvalue weighted by Gasteiger charge is 2.25. The Morgan fingerprint density at radius 3 is 3.16 bits per heavy atom. The summed E-state index contributed by atoms with van der Waals surface area (Å²) >= 11 is 1.65. The van der Waals surface area contributed by atoms with Crippen molar-refractivity contribution in [1.29, 1.82) is 0 Å². The van der Waals surface area contributed by atoms with Gasteiger partial charge in [0.05, 0.1) is 17.2 Å². The van der Waals surface area contributed by atoms with Gasteiger partial charge in [-0.15, -0.1) is 11.3 Å². The first kappa shape index (κ1) is 12.6. The van der Waals surface area contributed by atoms with Gasteiger partial charge in [0, 0.05) is 17.9 Å². The molecule has 5 nitrogen and oxygen atoms in total. The van der Waals surface area contributed by atoms with Crippen LogP contribution in [-0.2, 0) is 24.0 Å². The molecule has 0 spiro atoms. The Kier molecular flexibility index (Phi) is 3.52. The van der Waals surface area contributed by atoms with Crippen molar-refractivity contribution in [3.8, 4) is 11.5 Å². The number of fused-ring (bicyclic) bond motifs is 1. The molecule has 0 bridgehead atoms. The summed E-state index contributed by atoms with van der Waals surface area (Å²) in [6, 6.07) is 0. The van der Waals surface area contributed by atoms with Gasteiger partial charge in [-0.3, -0.25) is 0 Å². The van der Waals surface area contributed by atoms with Crippen molar-refractivity contribution in [1.82, 2.24) is 10.1 Å². The molecule has 2 aromatic heterocycles. The largest absolute Gasteiger partial charge is 0.390 e. The van der Waals surface area contributed by atoms with E-state index in [0.717, 1.165) is 23.4 Å². The summed E-state index contributed by atoms with van der Waals surface area (Å²) in [5.74, 6) is 1.24. The topological polar surface area (TPSA) is 74.2 Å². The lowest BCUT2D eigenvalue weighted by molar-refractivity contribution is 0.149. The second-order valence-corrected chi connectivity index (χ2v) is 5.70. The van der Waals surface area contributed by atoms with E-state index in [9.17, 15) is 0 Å². The van der Waals surface area contributed by atoms with Crippen molar-refractivity contribution in [2.75, 3.05) is 18.9 Å². The highest BCUT2D eigenvalue weighted by atomic mass is 32.1. The van der Waals surface area contributed by atoms with Gasteiger partial charge in [-0.2, -0.15) is 4.98 Å². The van der Waals surface area contributed by atoms with Crippen LogP contribution in [0.15, 0.2) is 4.52 Å². The van der Waals surface area contributed by atoms with E-state index in [-0.39, 0.29) is 0 Å². The number of aryl methyl sites for hydroxylation is 1. The molecule has 0 saturated carbocycles. The number of thiophene rings is 1. The van der Waals surface area contributed by atoms with Crippen molar-refractivity contribution in [2.45, 2.75) is 32.6 Å². The smallest absolute Gasteiger partial charge is 0.261 e. The van der Waals surface area contributed by atoms with Gasteiger partial charge in [-0.05, 0) is 31.7 Å². The average molecular weight is 279 g/mol. The Morgan fingerprint density at radius 2 is 2.32 bits per heavy atom. The van der Waals surface area contributed by atoms with Gasteiger partial charge in [0.1, 0.15) is 0 Å². The predicted octanol–water partition coefficient (Wildman–Crippen LogP) is 2.45. The average Bonchev–Trinajstić information content (AvgIpc) is 3.05. The van der Waals surface area contributed by atoms with Crippen molar-refractivity contribution >= 4 is 16.3 Å². The van der Waals surface area contributed by atoms with Gasteiger partial charge >= 0.3 is 0 Å². The van der Waals surface area contributed by atoms with Crippen LogP contribution in [0.4, 0.5) is 5.00 Å². The van der Waals surface area contributed by atoms with Crippen molar-refractivity contribution in [3.05, 3.63) is 16.3 Å². The maximum Gasteiger partial charge on any atom is 0.261 e. The van der Waals surface area contributed by atoms with E-state index in [1.807, 2.05) is 6.92 Å². The lowest BCUT2D eigenvalue weighted by Gasteiger charge is -1.97. The normalized spacial score (nSPS) is 13.9. The lowest BCUT2D eigenvalue weighted by atomic mass is 10.1. The van der Waals surface area contributed by atoms with Crippen molar-refractivity contribution < 1.29 is 9.26 Å². The monoisotopic (exact) mass is 279 g/mol. The third-order valence-electron chi connectivity index (χ3n) is 3.30. The van der Waals surface area contributed by atoms with Gasteiger partial charge in [-0.25, -0.2) is 0 Å². The number of nitrogen functional groups attached to an aromatic ring is 1. The number of rotatable bonds is 5. The van der Waals surface area contributed by atoms with Crippen LogP contribution in [-0.4, -0.2) is 23.4 Å². The van der Waals surface area contributed by atoms with Gasteiger partial charge in [0.2, 0.25) is 0 Å². The first-order chi connectivity index (χ1) is 9.29. The van der Waals surface area contributed by atoms with Gasteiger partial charge in [-0.1, -0.05) is 5.16 Å². The number of ether oxygens (including phenoxy) is 1. The van der Waals surface area contributed by atoms with Crippen molar-refractivity contribution in [2.24, 2.45) is 0 Å². The highest BCUT2D eigenvalue weighted by Crippen LogP contribution is 2.42. The molecule has 2 N–H and O–H groups in total. The van der Waals surface area contributed by atoms with E-state index in [4.69, 9.17) is 15.0 Å². The fraction of sp³-hybridized carbons (Fsp3) is 0.538. The van der Waals surface area contributed by atoms with Crippen LogP contribution in [0, 0.1) is 0 Å². The predicted molar refractivity (Wildman–Crippen MR) is 74.2 cm³/mol. The first-order valence-electron chi connectivity index (χ1n) is 6.60. The van der Waals surface area contributed by atoms with Crippen LogP contribution >= 0.6 is 11.3 Å². The molecule has 1 aliphatic rings. The molecule has 2 heterocycles. The van der Waals surface area contributed by atoms with E-state index >= 15 is 0 Å². The van der Waals surface area contributed by atoms with Gasteiger partial charge in [0.25, 0.3) is 5.89 Å². The maximum absolute atomic E-state index is 6.08. The summed E-state index contributed by atoms with van der Waals surface area (Å²) < 4.78 is 10.6. The Balaban J connectivity index is 1.83. The molecule has 6 heteroatoms. The van der Waals surface area contributed by atoms with E-state index in [2.05, 4.69) is 10.1 Å². The fourth-order valence-corrected chi connectivity index (χ4v) is 3.58. The van der Waals surface area contributed by atoms with E-state index < -0.39 is 0 Å². The molecule has 0 amide bonds. The molecule has 0 radical (unpaired) electrons. The second kappa shape index (κ2) is 5.30. The molecule has 0 fully saturated rings. The molecule has 0 unspecified atom stereocenters. The molecular formula is C13H17N3O2S. The van der Waals surface area contributed by atoms with Crippen LogP contribution in [0.5, 0.6) is 0 Å². The molecule has 0 aromatic carbocycles. The summed E-state index contributed by atoms with van der Waals surface area (Å²) in [7, 11) is 0. The molecule has 0 aliphatic heterocycles. The summed E-state index contributed by atoms with van der Waals surface area (Å²) in [4.78, 5) is 5.81. The fourth-order valence-electron chi connectivity index (χ4n) is 2.42. The van der Waals surface area contributed by atoms with Crippen LogP contribution in [0.1, 0.15) is 29.6 Å². The van der Waals surface area contributed by atoms with E-state index in [1.165, 1.54) is 16.9 Å². The van der Waals surface area contributed by atoms with Crippen LogP contribution in [0.3, 0.4) is 0 Å². The van der Waals surface area contributed by atoms with Crippen LogP contribution in [0.25, 0.3) is 11.5 Å². The van der Waals surface area contributed by atoms with Gasteiger partial charge < -0.3 is 15.0 Å². The standard InChI is InChI=1S/C13H17N3O2S/c1-2-17-7-6-10-15-13(18-16-10)11-8-4-3-5-9(8)19-12(11)14/h2-7,14H2,1H3. The first-order valence-corrected chi connectivity index (χ1v) is 7.42. The van der Waals surface area contributed by atoms with Crippen molar-refractivity contribution in [3.63, 3.8) is 0 Å². The van der Waals surface area contributed by atoms with Crippen LogP contribution < -0.4 is 5.73 Å². The molecule has 3 rings (SSSR count). The summed E-state index contributed by atoms with van der Waals surface area (Å²) in [6.45, 7) is 3.29. The number of hydrogen-bond acceptors (Lipinski definition) is 6. The Hall–Kier alpha value is -1.40. The number of nitrogens with zero attached hydrogens (tertiary/aromatic N) is 2. The molecule has 0 saturated heterocycles. The van der Waals surface area contributed by atoms with Crippen LogP contribution in [0.2, 0.25) is 0 Å². The third kappa shape index (κ3) is 2.37. The number of aromatic nitrogens is 2. The highest BCUT2D eigenvalue weighted by molar-refractivity contribution is 7.16. The number of anilines is 1. The zero-order valence-electron chi connectivity index (χ0n) is 10.9. The second-order valence-electron chi connectivity index (χ2n) is 4.56. The number of hydrogen-bond donors (Lipinski definition) is 1. The SMILES string of the molecule is CCOCCc1noc(-c2c(N)sc3c2CCC3)n1. The Labute approximate surface area is 115 Å². The maximum atomic E-state index is 6.08. The molecule has 102 valence electrons. The molecule has 2 aromatic rings. The Morgan fingerprint density at radius 1 is 1.42 bits per heavy atom. The minimum atomic E-state index is 0.559. The zero-order valence-corrected chi connectivity index (χ0v) is 11.8. The number of nitrogens with two attached hydrogens (primary N) is 1. The molecule has 1 aliphatic carbocycles.